The minimum atomic E-state index is -0.0449. The van der Waals surface area contributed by atoms with Crippen molar-refractivity contribution >= 4 is 11.6 Å². The van der Waals surface area contributed by atoms with E-state index < -0.39 is 0 Å². The fourth-order valence-corrected chi connectivity index (χ4v) is 2.03. The summed E-state index contributed by atoms with van der Waals surface area (Å²) in [6, 6.07) is 7.90. The predicted molar refractivity (Wildman–Crippen MR) is 71.4 cm³/mol. The molecule has 1 heterocycles. The molecule has 18 heavy (non-hydrogen) atoms. The molecule has 0 saturated carbocycles. The van der Waals surface area contributed by atoms with Crippen LogP contribution < -0.4 is 10.6 Å². The van der Waals surface area contributed by atoms with Gasteiger partial charge in [0.25, 0.3) is 0 Å². The number of hydrogen-bond acceptors (Lipinski definition) is 3. The number of carbonyl (C=O) groups excluding carboxylic acids is 1. The second-order valence-corrected chi connectivity index (χ2v) is 5.09. The number of carbonyl (C=O) groups is 1. The van der Waals surface area contributed by atoms with E-state index in [0.29, 0.717) is 0 Å². The van der Waals surface area contributed by atoms with Crippen molar-refractivity contribution in [2.75, 3.05) is 18.5 Å². The quantitative estimate of drug-likeness (QED) is 0.856. The first-order valence-corrected chi connectivity index (χ1v) is 6.27. The number of rotatable bonds is 4. The second kappa shape index (κ2) is 5.50. The third kappa shape index (κ3) is 3.55. The highest BCUT2D eigenvalue weighted by Gasteiger charge is 2.28. The molecule has 0 aromatic heterocycles. The molecule has 1 atom stereocenters. The Bertz CT molecular complexity index is 408. The highest BCUT2D eigenvalue weighted by molar-refractivity contribution is 5.88. The summed E-state index contributed by atoms with van der Waals surface area (Å²) in [7, 11) is 0. The van der Waals surface area contributed by atoms with E-state index in [-0.39, 0.29) is 11.4 Å². The third-order valence-corrected chi connectivity index (χ3v) is 3.21. The Morgan fingerprint density at radius 3 is 2.67 bits per heavy atom. The summed E-state index contributed by atoms with van der Waals surface area (Å²) in [6.07, 6.45) is 1.05. The molecule has 0 aliphatic carbocycles. The minimum absolute atomic E-state index is 0.0449. The maximum absolute atomic E-state index is 10.9. The van der Waals surface area contributed by atoms with Gasteiger partial charge in [-0.15, -0.1) is 0 Å². The van der Waals surface area contributed by atoms with Crippen molar-refractivity contribution in [2.24, 2.45) is 0 Å². The Labute approximate surface area is 108 Å². The number of ether oxygens (including phenoxy) is 1. The van der Waals surface area contributed by atoms with E-state index in [1.165, 1.54) is 12.5 Å². The first kappa shape index (κ1) is 13.1. The Morgan fingerprint density at radius 2 is 2.11 bits per heavy atom. The predicted octanol–water partition coefficient (Wildman–Crippen LogP) is 1.91. The molecule has 4 nitrogen and oxygen atoms in total. The molecular formula is C14H20N2O2. The van der Waals surface area contributed by atoms with Crippen LogP contribution in [0.3, 0.4) is 0 Å². The first-order valence-electron chi connectivity index (χ1n) is 6.27. The molecule has 1 aliphatic rings. The van der Waals surface area contributed by atoms with Crippen LogP contribution in [0.5, 0.6) is 0 Å². The third-order valence-electron chi connectivity index (χ3n) is 3.21. The second-order valence-electron chi connectivity index (χ2n) is 5.09. The van der Waals surface area contributed by atoms with Gasteiger partial charge in [0.15, 0.2) is 0 Å². The van der Waals surface area contributed by atoms with Crippen molar-refractivity contribution in [3.8, 4) is 0 Å². The summed E-state index contributed by atoms with van der Waals surface area (Å²) >= 11 is 0. The zero-order valence-corrected chi connectivity index (χ0v) is 11.0. The molecule has 0 spiro atoms. The van der Waals surface area contributed by atoms with E-state index in [4.69, 9.17) is 4.74 Å². The SMILES string of the molecule is CC(=O)Nc1ccc(CNC2(C)CCOC2)cc1. The Balaban J connectivity index is 1.88. The van der Waals surface area contributed by atoms with Crippen molar-refractivity contribution in [1.82, 2.24) is 5.32 Å². The smallest absolute Gasteiger partial charge is 0.221 e. The lowest BCUT2D eigenvalue weighted by molar-refractivity contribution is -0.114. The van der Waals surface area contributed by atoms with Gasteiger partial charge >= 0.3 is 0 Å². The molecule has 1 unspecified atom stereocenters. The van der Waals surface area contributed by atoms with Gasteiger partial charge in [0.2, 0.25) is 5.91 Å². The summed E-state index contributed by atoms with van der Waals surface area (Å²) in [5.74, 6) is -0.0449. The van der Waals surface area contributed by atoms with Crippen molar-refractivity contribution in [3.63, 3.8) is 0 Å². The average molecular weight is 248 g/mol. The normalized spacial score (nSPS) is 23.0. The van der Waals surface area contributed by atoms with Gasteiger partial charge in [-0.05, 0) is 31.0 Å². The average Bonchev–Trinajstić information content (AvgIpc) is 2.75. The number of anilines is 1. The fourth-order valence-electron chi connectivity index (χ4n) is 2.03. The minimum Gasteiger partial charge on any atom is -0.379 e. The van der Waals surface area contributed by atoms with E-state index in [0.717, 1.165) is 31.9 Å². The van der Waals surface area contributed by atoms with Crippen LogP contribution in [0.15, 0.2) is 24.3 Å². The summed E-state index contributed by atoms with van der Waals surface area (Å²) < 4.78 is 5.40. The monoisotopic (exact) mass is 248 g/mol. The highest BCUT2D eigenvalue weighted by Crippen LogP contribution is 2.18. The lowest BCUT2D eigenvalue weighted by Crippen LogP contribution is -2.42. The molecule has 1 aliphatic heterocycles. The molecule has 4 heteroatoms. The molecule has 1 fully saturated rings. The maximum atomic E-state index is 10.9. The van der Waals surface area contributed by atoms with E-state index in [2.05, 4.69) is 17.6 Å². The van der Waals surface area contributed by atoms with Gasteiger partial charge in [-0.1, -0.05) is 12.1 Å². The number of hydrogen-bond donors (Lipinski definition) is 2. The molecular weight excluding hydrogens is 228 g/mol. The van der Waals surface area contributed by atoms with E-state index in [9.17, 15) is 4.79 Å². The van der Waals surface area contributed by atoms with Gasteiger partial charge < -0.3 is 15.4 Å². The van der Waals surface area contributed by atoms with Crippen LogP contribution in [-0.2, 0) is 16.1 Å². The lowest BCUT2D eigenvalue weighted by atomic mass is 10.0. The molecule has 98 valence electrons. The topological polar surface area (TPSA) is 50.4 Å². The van der Waals surface area contributed by atoms with Gasteiger partial charge in [0.05, 0.1) is 6.61 Å². The van der Waals surface area contributed by atoms with Crippen LogP contribution in [0.25, 0.3) is 0 Å². The molecule has 2 rings (SSSR count). The van der Waals surface area contributed by atoms with Crippen LogP contribution in [0, 0.1) is 0 Å². The number of nitrogens with one attached hydrogen (secondary N) is 2. The largest absolute Gasteiger partial charge is 0.379 e. The maximum Gasteiger partial charge on any atom is 0.221 e. The van der Waals surface area contributed by atoms with Gasteiger partial charge in [-0.25, -0.2) is 0 Å². The summed E-state index contributed by atoms with van der Waals surface area (Å²) in [5.41, 5.74) is 2.13. The van der Waals surface area contributed by atoms with Crippen molar-refractivity contribution < 1.29 is 9.53 Å². The Hall–Kier alpha value is -1.39. The zero-order valence-electron chi connectivity index (χ0n) is 11.0. The van der Waals surface area contributed by atoms with Crippen molar-refractivity contribution in [2.45, 2.75) is 32.4 Å². The standard InChI is InChI=1S/C14H20N2O2/c1-11(17)16-13-5-3-12(4-6-13)9-15-14(2)7-8-18-10-14/h3-6,15H,7-10H2,1-2H3,(H,16,17). The molecule has 1 saturated heterocycles. The van der Waals surface area contributed by atoms with Gasteiger partial charge in [0.1, 0.15) is 0 Å². The number of benzene rings is 1. The van der Waals surface area contributed by atoms with Crippen LogP contribution in [0.4, 0.5) is 5.69 Å². The molecule has 2 N–H and O–H groups in total. The highest BCUT2D eigenvalue weighted by atomic mass is 16.5. The molecule has 1 aromatic carbocycles. The van der Waals surface area contributed by atoms with E-state index in [1.54, 1.807) is 0 Å². The molecule has 0 radical (unpaired) electrons. The van der Waals surface area contributed by atoms with Crippen LogP contribution in [0.1, 0.15) is 25.8 Å². The molecule has 1 amide bonds. The van der Waals surface area contributed by atoms with E-state index in [1.807, 2.05) is 24.3 Å². The fraction of sp³-hybridized carbons (Fsp3) is 0.500. The molecule has 0 bridgehead atoms. The summed E-state index contributed by atoms with van der Waals surface area (Å²) in [6.45, 7) is 6.13. The summed E-state index contributed by atoms with van der Waals surface area (Å²) in [4.78, 5) is 10.9. The van der Waals surface area contributed by atoms with Crippen LogP contribution in [-0.4, -0.2) is 24.7 Å². The van der Waals surface area contributed by atoms with Gasteiger partial charge in [0, 0.05) is 31.3 Å². The van der Waals surface area contributed by atoms with Crippen molar-refractivity contribution in [3.05, 3.63) is 29.8 Å². The zero-order chi connectivity index (χ0) is 13.0. The first-order chi connectivity index (χ1) is 8.57. The van der Waals surface area contributed by atoms with Gasteiger partial charge in [-0.3, -0.25) is 4.79 Å². The Kier molecular flexibility index (Phi) is 3.99. The van der Waals surface area contributed by atoms with Gasteiger partial charge in [-0.2, -0.15) is 0 Å². The van der Waals surface area contributed by atoms with Crippen molar-refractivity contribution in [1.29, 1.82) is 0 Å². The van der Waals surface area contributed by atoms with Crippen LogP contribution >= 0.6 is 0 Å². The molecule has 1 aromatic rings. The van der Waals surface area contributed by atoms with Crippen LogP contribution in [0.2, 0.25) is 0 Å². The summed E-state index contributed by atoms with van der Waals surface area (Å²) in [5, 5.41) is 6.28. The number of amides is 1. The van der Waals surface area contributed by atoms with E-state index >= 15 is 0 Å². The lowest BCUT2D eigenvalue weighted by Gasteiger charge is -2.23. The Morgan fingerprint density at radius 1 is 1.39 bits per heavy atom.